The monoisotopic (exact) mass is 225 g/mol. The molecule has 0 aromatic carbocycles. The van der Waals surface area contributed by atoms with Gasteiger partial charge in [-0.15, -0.1) is 0 Å². The third kappa shape index (κ3) is 2.27. The molecule has 86 valence electrons. The maximum Gasteiger partial charge on any atom is 0.248 e. The van der Waals surface area contributed by atoms with Gasteiger partial charge < -0.3 is 15.4 Å². The second kappa shape index (κ2) is 4.44. The predicted molar refractivity (Wildman–Crippen MR) is 55.3 cm³/mol. The van der Waals surface area contributed by atoms with Crippen molar-refractivity contribution in [2.45, 2.75) is 6.10 Å². The highest BCUT2D eigenvalue weighted by molar-refractivity contribution is 5.79. The molecule has 0 spiro atoms. The average molecular weight is 225 g/mol. The summed E-state index contributed by atoms with van der Waals surface area (Å²) in [7, 11) is 0. The number of hydrogen-bond acceptors (Lipinski definition) is 4. The van der Waals surface area contributed by atoms with E-state index in [1.807, 2.05) is 0 Å². The highest BCUT2D eigenvalue weighted by Crippen LogP contribution is 2.15. The number of halogens is 1. The molecule has 0 radical (unpaired) electrons. The van der Waals surface area contributed by atoms with Gasteiger partial charge in [-0.3, -0.25) is 4.79 Å². The minimum absolute atomic E-state index is 0.311. The Hall–Kier alpha value is -1.69. The zero-order valence-corrected chi connectivity index (χ0v) is 8.60. The maximum atomic E-state index is 12.9. The fourth-order valence-corrected chi connectivity index (χ4v) is 1.60. The summed E-state index contributed by atoms with van der Waals surface area (Å²) in [6.07, 6.45) is -0.654. The number of carbonyl (C=O) groups is 1. The zero-order chi connectivity index (χ0) is 11.5. The van der Waals surface area contributed by atoms with Crippen LogP contribution in [0.25, 0.3) is 0 Å². The zero-order valence-electron chi connectivity index (χ0n) is 8.60. The summed E-state index contributed by atoms with van der Waals surface area (Å²) in [6, 6.07) is 4.54. The van der Waals surface area contributed by atoms with Crippen molar-refractivity contribution in [2.75, 3.05) is 24.6 Å². The van der Waals surface area contributed by atoms with Gasteiger partial charge in [0.15, 0.2) is 6.10 Å². The van der Waals surface area contributed by atoms with E-state index in [9.17, 15) is 9.18 Å². The van der Waals surface area contributed by atoms with Gasteiger partial charge in [-0.1, -0.05) is 6.07 Å². The summed E-state index contributed by atoms with van der Waals surface area (Å²) in [6.45, 7) is 1.26. The molecular formula is C10H12FN3O2. The second-order valence-corrected chi connectivity index (χ2v) is 3.53. The van der Waals surface area contributed by atoms with E-state index >= 15 is 0 Å². The first-order valence-corrected chi connectivity index (χ1v) is 4.95. The van der Waals surface area contributed by atoms with Gasteiger partial charge in [0.2, 0.25) is 11.9 Å². The summed E-state index contributed by atoms with van der Waals surface area (Å²) in [5.41, 5.74) is 5.15. The highest BCUT2D eigenvalue weighted by Gasteiger charge is 2.25. The van der Waals surface area contributed by atoms with Gasteiger partial charge >= 0.3 is 0 Å². The van der Waals surface area contributed by atoms with E-state index < -0.39 is 18.0 Å². The van der Waals surface area contributed by atoms with Crippen molar-refractivity contribution in [3.8, 4) is 0 Å². The van der Waals surface area contributed by atoms with Gasteiger partial charge in [0.25, 0.3) is 0 Å². The SMILES string of the molecule is NC(=O)C1CN(c2cccc(F)n2)CCO1. The summed E-state index contributed by atoms with van der Waals surface area (Å²) in [4.78, 5) is 16.5. The molecule has 0 aliphatic carbocycles. The van der Waals surface area contributed by atoms with E-state index in [2.05, 4.69) is 4.98 Å². The molecule has 6 heteroatoms. The van der Waals surface area contributed by atoms with Crippen LogP contribution < -0.4 is 10.6 Å². The molecule has 0 bridgehead atoms. The van der Waals surface area contributed by atoms with Crippen LogP contribution in [0.4, 0.5) is 10.2 Å². The van der Waals surface area contributed by atoms with Crippen LogP contribution >= 0.6 is 0 Å². The van der Waals surface area contributed by atoms with Crippen molar-refractivity contribution in [1.29, 1.82) is 0 Å². The summed E-state index contributed by atoms with van der Waals surface area (Å²) < 4.78 is 18.1. The number of pyridine rings is 1. The van der Waals surface area contributed by atoms with Crippen molar-refractivity contribution >= 4 is 11.7 Å². The fraction of sp³-hybridized carbons (Fsp3) is 0.400. The molecular weight excluding hydrogens is 213 g/mol. The Labute approximate surface area is 92.0 Å². The molecule has 1 aromatic heterocycles. The van der Waals surface area contributed by atoms with Crippen LogP contribution in [-0.4, -0.2) is 36.7 Å². The fourth-order valence-electron chi connectivity index (χ4n) is 1.60. The Kier molecular flexibility index (Phi) is 3.00. The molecule has 0 saturated carbocycles. The molecule has 1 aliphatic rings. The van der Waals surface area contributed by atoms with Crippen LogP contribution in [0.3, 0.4) is 0 Å². The molecule has 2 rings (SSSR count). The molecule has 16 heavy (non-hydrogen) atoms. The minimum atomic E-state index is -0.654. The Balaban J connectivity index is 2.12. The molecule has 1 saturated heterocycles. The molecule has 5 nitrogen and oxygen atoms in total. The maximum absolute atomic E-state index is 12.9. The van der Waals surface area contributed by atoms with E-state index in [1.165, 1.54) is 6.07 Å². The number of morpholine rings is 1. The summed E-state index contributed by atoms with van der Waals surface area (Å²) in [5.74, 6) is -0.560. The average Bonchev–Trinajstić information content (AvgIpc) is 2.29. The molecule has 2 heterocycles. The van der Waals surface area contributed by atoms with E-state index in [4.69, 9.17) is 10.5 Å². The molecule has 1 aliphatic heterocycles. The first-order valence-electron chi connectivity index (χ1n) is 4.95. The number of rotatable bonds is 2. The Morgan fingerprint density at radius 2 is 2.44 bits per heavy atom. The van der Waals surface area contributed by atoms with E-state index in [1.54, 1.807) is 17.0 Å². The molecule has 1 amide bonds. The van der Waals surface area contributed by atoms with Crippen LogP contribution in [0, 0.1) is 5.95 Å². The van der Waals surface area contributed by atoms with Gasteiger partial charge in [0.1, 0.15) is 5.82 Å². The number of ether oxygens (including phenoxy) is 1. The van der Waals surface area contributed by atoms with Crippen molar-refractivity contribution in [3.63, 3.8) is 0 Å². The number of carbonyl (C=O) groups excluding carboxylic acids is 1. The summed E-state index contributed by atoms with van der Waals surface area (Å²) >= 11 is 0. The Morgan fingerprint density at radius 1 is 1.62 bits per heavy atom. The van der Waals surface area contributed by atoms with Crippen LogP contribution in [0.15, 0.2) is 18.2 Å². The van der Waals surface area contributed by atoms with E-state index in [0.29, 0.717) is 25.5 Å². The van der Waals surface area contributed by atoms with E-state index in [-0.39, 0.29) is 0 Å². The van der Waals surface area contributed by atoms with Gasteiger partial charge in [0, 0.05) is 6.54 Å². The Morgan fingerprint density at radius 3 is 3.12 bits per heavy atom. The number of amides is 1. The topological polar surface area (TPSA) is 68.5 Å². The first kappa shape index (κ1) is 10.8. The number of nitrogens with zero attached hydrogens (tertiary/aromatic N) is 2. The van der Waals surface area contributed by atoms with E-state index in [0.717, 1.165) is 0 Å². The van der Waals surface area contributed by atoms with Crippen LogP contribution in [0.1, 0.15) is 0 Å². The van der Waals surface area contributed by atoms with Gasteiger partial charge in [-0.05, 0) is 12.1 Å². The van der Waals surface area contributed by atoms with Gasteiger partial charge in [0.05, 0.1) is 13.2 Å². The lowest BCUT2D eigenvalue weighted by molar-refractivity contribution is -0.130. The van der Waals surface area contributed by atoms with Crippen molar-refractivity contribution in [3.05, 3.63) is 24.1 Å². The predicted octanol–water partition coefficient (Wildman–Crippen LogP) is -0.0888. The lowest BCUT2D eigenvalue weighted by Crippen LogP contribution is -2.48. The van der Waals surface area contributed by atoms with Crippen molar-refractivity contribution in [1.82, 2.24) is 4.98 Å². The number of hydrogen-bond donors (Lipinski definition) is 1. The highest BCUT2D eigenvalue weighted by atomic mass is 19.1. The van der Waals surface area contributed by atoms with Crippen LogP contribution in [-0.2, 0) is 9.53 Å². The Bertz CT molecular complexity index is 399. The van der Waals surface area contributed by atoms with Gasteiger partial charge in [-0.25, -0.2) is 4.98 Å². The molecule has 1 unspecified atom stereocenters. The van der Waals surface area contributed by atoms with Gasteiger partial charge in [-0.2, -0.15) is 4.39 Å². The van der Waals surface area contributed by atoms with Crippen molar-refractivity contribution < 1.29 is 13.9 Å². The quantitative estimate of drug-likeness (QED) is 0.714. The number of nitrogens with two attached hydrogens (primary N) is 1. The van der Waals surface area contributed by atoms with Crippen molar-refractivity contribution in [2.24, 2.45) is 5.73 Å². The third-order valence-electron chi connectivity index (χ3n) is 2.41. The normalized spacial score (nSPS) is 20.8. The standard InChI is InChI=1S/C10H12FN3O2/c11-8-2-1-3-9(13-8)14-4-5-16-7(6-14)10(12)15/h1-3,7H,4-6H2,(H2,12,15). The summed E-state index contributed by atoms with van der Waals surface area (Å²) in [5, 5.41) is 0. The molecule has 2 N–H and O–H groups in total. The second-order valence-electron chi connectivity index (χ2n) is 3.53. The molecule has 1 fully saturated rings. The number of primary amides is 1. The minimum Gasteiger partial charge on any atom is -0.367 e. The largest absolute Gasteiger partial charge is 0.367 e. The number of anilines is 1. The number of aromatic nitrogens is 1. The molecule has 1 aromatic rings. The molecule has 1 atom stereocenters. The smallest absolute Gasteiger partial charge is 0.248 e. The lowest BCUT2D eigenvalue weighted by atomic mass is 10.2. The van der Waals surface area contributed by atoms with Crippen LogP contribution in [0.2, 0.25) is 0 Å². The third-order valence-corrected chi connectivity index (χ3v) is 2.41. The van der Waals surface area contributed by atoms with Crippen LogP contribution in [0.5, 0.6) is 0 Å². The first-order chi connectivity index (χ1) is 7.66. The lowest BCUT2D eigenvalue weighted by Gasteiger charge is -2.32.